The lowest BCUT2D eigenvalue weighted by Crippen LogP contribution is -2.30. The number of ether oxygens (including phenoxy) is 4. The molecule has 0 aliphatic heterocycles. The van der Waals surface area contributed by atoms with Gasteiger partial charge in [0.15, 0.2) is 12.2 Å². The second-order valence-electron chi connectivity index (χ2n) is 26.9. The van der Waals surface area contributed by atoms with E-state index < -0.39 is 97.5 Å². The summed E-state index contributed by atoms with van der Waals surface area (Å²) < 4.78 is 68.3. The number of unbranched alkanes of at least 4 members (excludes halogenated alkanes) is 41. The van der Waals surface area contributed by atoms with Crippen molar-refractivity contribution in [2.24, 2.45) is 11.8 Å². The maximum absolute atomic E-state index is 13.0. The summed E-state index contributed by atoms with van der Waals surface area (Å²) in [5.74, 6) is -0.646. The number of phosphoric acid groups is 2. The summed E-state index contributed by atoms with van der Waals surface area (Å²) in [5.41, 5.74) is 0. The molecule has 540 valence electrons. The second-order valence-corrected chi connectivity index (χ2v) is 29.8. The smallest absolute Gasteiger partial charge is 0.462 e. The molecule has 5 atom stereocenters. The molecule has 19 heteroatoms. The standard InChI is InChI=1S/C72H140O17P2/c1-7-9-11-13-15-17-19-23-28-31-35-42-48-54-69(74)82-60-67(88-72(77)57-51-45-37-33-29-25-22-21-24-26-30-34-40-46-52-64(3)4)62-86-90(78,79)84-58-66(73)59-85-91(80,81)87-63-68(61-83-70(75)55-49-43-39-38-41-47-53-65(5)6)89-71(76)56-50-44-36-32-27-20-18-16-14-12-10-8-2/h64-68,73H,7-63H2,1-6H3,(H,78,79)(H,80,81)/t66-,67-,68-/m1/s1. The van der Waals surface area contributed by atoms with E-state index in [2.05, 4.69) is 41.5 Å². The van der Waals surface area contributed by atoms with Crippen molar-refractivity contribution in [2.75, 3.05) is 39.6 Å². The van der Waals surface area contributed by atoms with E-state index in [9.17, 15) is 43.2 Å². The minimum Gasteiger partial charge on any atom is -0.462 e. The van der Waals surface area contributed by atoms with Crippen LogP contribution in [0.5, 0.6) is 0 Å². The minimum absolute atomic E-state index is 0.106. The first-order chi connectivity index (χ1) is 43.9. The number of rotatable bonds is 71. The van der Waals surface area contributed by atoms with Gasteiger partial charge in [0.2, 0.25) is 0 Å². The van der Waals surface area contributed by atoms with Gasteiger partial charge in [0.1, 0.15) is 19.3 Å². The summed E-state index contributed by atoms with van der Waals surface area (Å²) in [5, 5.41) is 10.6. The third-order valence-corrected chi connectivity index (χ3v) is 18.6. The molecule has 0 radical (unpaired) electrons. The maximum Gasteiger partial charge on any atom is 0.472 e. The Kier molecular flexibility index (Phi) is 62.7. The van der Waals surface area contributed by atoms with E-state index in [-0.39, 0.29) is 25.7 Å². The van der Waals surface area contributed by atoms with Crippen LogP contribution >= 0.6 is 15.6 Å². The number of esters is 4. The molecule has 0 heterocycles. The third kappa shape index (κ3) is 66.5. The first kappa shape index (κ1) is 89.1. The Labute approximate surface area is 556 Å². The highest BCUT2D eigenvalue weighted by molar-refractivity contribution is 7.47. The van der Waals surface area contributed by atoms with Crippen LogP contribution in [0.15, 0.2) is 0 Å². The predicted octanol–water partition coefficient (Wildman–Crippen LogP) is 20.8. The lowest BCUT2D eigenvalue weighted by atomic mass is 10.0. The van der Waals surface area contributed by atoms with Gasteiger partial charge in [0, 0.05) is 25.7 Å². The second kappa shape index (κ2) is 64.1. The third-order valence-electron chi connectivity index (χ3n) is 16.7. The van der Waals surface area contributed by atoms with Crippen LogP contribution in [0.25, 0.3) is 0 Å². The number of hydrogen-bond acceptors (Lipinski definition) is 15. The molecule has 0 aliphatic rings. The summed E-state index contributed by atoms with van der Waals surface area (Å²) in [7, 11) is -9.90. The van der Waals surface area contributed by atoms with E-state index in [0.717, 1.165) is 102 Å². The van der Waals surface area contributed by atoms with E-state index in [1.165, 1.54) is 180 Å². The van der Waals surface area contributed by atoms with Crippen LogP contribution < -0.4 is 0 Å². The van der Waals surface area contributed by atoms with Crippen LogP contribution in [0.3, 0.4) is 0 Å². The highest BCUT2D eigenvalue weighted by Crippen LogP contribution is 2.45. The van der Waals surface area contributed by atoms with Crippen molar-refractivity contribution in [2.45, 2.75) is 387 Å². The van der Waals surface area contributed by atoms with E-state index in [0.29, 0.717) is 31.6 Å². The van der Waals surface area contributed by atoms with Crippen LogP contribution in [-0.4, -0.2) is 96.7 Å². The molecule has 0 spiro atoms. The first-order valence-corrected chi connectivity index (χ1v) is 40.5. The monoisotopic (exact) mass is 1340 g/mol. The molecule has 0 rings (SSSR count). The summed E-state index contributed by atoms with van der Waals surface area (Å²) >= 11 is 0. The molecule has 0 bridgehead atoms. The van der Waals surface area contributed by atoms with Gasteiger partial charge in [-0.1, -0.05) is 318 Å². The number of carbonyl (C=O) groups is 4. The van der Waals surface area contributed by atoms with Gasteiger partial charge in [-0.2, -0.15) is 0 Å². The summed E-state index contributed by atoms with van der Waals surface area (Å²) in [6, 6.07) is 0. The highest BCUT2D eigenvalue weighted by atomic mass is 31.2. The molecule has 0 saturated heterocycles. The molecule has 0 aromatic heterocycles. The number of hydrogen-bond donors (Lipinski definition) is 3. The fourth-order valence-corrected chi connectivity index (χ4v) is 12.5. The van der Waals surface area contributed by atoms with Gasteiger partial charge in [-0.05, 0) is 37.5 Å². The molecule has 0 amide bonds. The summed E-state index contributed by atoms with van der Waals surface area (Å²) in [6.45, 7) is 9.51. The zero-order chi connectivity index (χ0) is 67.2. The average Bonchev–Trinajstić information content (AvgIpc) is 3.34. The number of aliphatic hydroxyl groups excluding tert-OH is 1. The molecule has 0 aromatic carbocycles. The zero-order valence-electron chi connectivity index (χ0n) is 59.1. The Balaban J connectivity index is 5.23. The molecular weight excluding hydrogens is 1200 g/mol. The maximum atomic E-state index is 13.0. The summed E-state index contributed by atoms with van der Waals surface area (Å²) in [6.07, 6.45) is 50.0. The minimum atomic E-state index is -4.95. The van der Waals surface area contributed by atoms with Crippen LogP contribution in [0, 0.1) is 11.8 Å². The van der Waals surface area contributed by atoms with Gasteiger partial charge in [-0.25, -0.2) is 9.13 Å². The van der Waals surface area contributed by atoms with Crippen molar-refractivity contribution < 1.29 is 80.2 Å². The van der Waals surface area contributed by atoms with Gasteiger partial charge in [-0.3, -0.25) is 37.3 Å². The van der Waals surface area contributed by atoms with Crippen molar-refractivity contribution in [1.82, 2.24) is 0 Å². The topological polar surface area (TPSA) is 237 Å². The molecule has 0 fully saturated rings. The Morgan fingerprint density at radius 2 is 0.505 bits per heavy atom. The Hall–Kier alpha value is -1.94. The lowest BCUT2D eigenvalue weighted by molar-refractivity contribution is -0.161. The van der Waals surface area contributed by atoms with Gasteiger partial charge in [0.25, 0.3) is 0 Å². The van der Waals surface area contributed by atoms with E-state index in [1.54, 1.807) is 0 Å². The predicted molar refractivity (Wildman–Crippen MR) is 368 cm³/mol. The van der Waals surface area contributed by atoms with E-state index >= 15 is 0 Å². The largest absolute Gasteiger partial charge is 0.472 e. The molecule has 3 N–H and O–H groups in total. The van der Waals surface area contributed by atoms with Gasteiger partial charge < -0.3 is 33.8 Å². The van der Waals surface area contributed by atoms with Crippen LogP contribution in [0.1, 0.15) is 369 Å². The highest BCUT2D eigenvalue weighted by Gasteiger charge is 2.30. The van der Waals surface area contributed by atoms with Crippen LogP contribution in [-0.2, 0) is 65.4 Å². The normalized spacial score (nSPS) is 14.1. The van der Waals surface area contributed by atoms with Gasteiger partial charge in [0.05, 0.1) is 26.4 Å². The molecule has 0 aliphatic carbocycles. The Bertz CT molecular complexity index is 1770. The SMILES string of the molecule is CCCCCCCCCCCCCCCC(=O)OC[C@H](COP(=O)(O)OC[C@@H](O)COP(=O)(O)OC[C@@H](COC(=O)CCCCCCCCC(C)C)OC(=O)CCCCCCCCCCCCCC)OC(=O)CCCCCCCCCCCCCCCCC(C)C. The quantitative estimate of drug-likeness (QED) is 0.0222. The van der Waals surface area contributed by atoms with Crippen molar-refractivity contribution in [1.29, 1.82) is 0 Å². The Morgan fingerprint density at radius 3 is 0.747 bits per heavy atom. The molecule has 0 saturated carbocycles. The van der Waals surface area contributed by atoms with Crippen molar-refractivity contribution in [3.8, 4) is 0 Å². The van der Waals surface area contributed by atoms with Gasteiger partial charge >= 0.3 is 39.5 Å². The number of carbonyl (C=O) groups excluding carboxylic acids is 4. The van der Waals surface area contributed by atoms with Crippen molar-refractivity contribution >= 4 is 39.5 Å². The first-order valence-electron chi connectivity index (χ1n) is 37.5. The van der Waals surface area contributed by atoms with E-state index in [4.69, 9.17) is 37.0 Å². The van der Waals surface area contributed by atoms with E-state index in [1.807, 2.05) is 0 Å². The molecular formula is C72H140O17P2. The van der Waals surface area contributed by atoms with Crippen LogP contribution in [0.2, 0.25) is 0 Å². The lowest BCUT2D eigenvalue weighted by Gasteiger charge is -2.21. The Morgan fingerprint density at radius 1 is 0.297 bits per heavy atom. The van der Waals surface area contributed by atoms with Crippen LogP contribution in [0.4, 0.5) is 0 Å². The molecule has 17 nitrogen and oxygen atoms in total. The fraction of sp³-hybridized carbons (Fsp3) is 0.944. The van der Waals surface area contributed by atoms with Gasteiger partial charge in [-0.15, -0.1) is 0 Å². The number of aliphatic hydroxyl groups is 1. The zero-order valence-corrected chi connectivity index (χ0v) is 60.9. The number of phosphoric ester groups is 2. The molecule has 2 unspecified atom stereocenters. The average molecular weight is 1340 g/mol. The molecule has 91 heavy (non-hydrogen) atoms. The van der Waals surface area contributed by atoms with Crippen molar-refractivity contribution in [3.63, 3.8) is 0 Å². The fourth-order valence-electron chi connectivity index (χ4n) is 10.9. The summed E-state index contributed by atoms with van der Waals surface area (Å²) in [4.78, 5) is 72.6. The van der Waals surface area contributed by atoms with Crippen molar-refractivity contribution in [3.05, 3.63) is 0 Å². The molecule has 0 aromatic rings.